The second-order valence-corrected chi connectivity index (χ2v) is 7.65. The van der Waals surface area contributed by atoms with Crippen molar-refractivity contribution in [3.63, 3.8) is 0 Å². The van der Waals surface area contributed by atoms with Crippen LogP contribution in [0.1, 0.15) is 36.0 Å². The van der Waals surface area contributed by atoms with Crippen LogP contribution in [0.5, 0.6) is 0 Å². The fourth-order valence-corrected chi connectivity index (χ4v) is 4.12. The lowest BCUT2D eigenvalue weighted by atomic mass is 9.94. The van der Waals surface area contributed by atoms with Gasteiger partial charge in [0.2, 0.25) is 5.91 Å². The summed E-state index contributed by atoms with van der Waals surface area (Å²) in [5.41, 5.74) is 8.76. The number of nitrogens with zero attached hydrogens (tertiary/aromatic N) is 3. The van der Waals surface area contributed by atoms with Crippen LogP contribution in [-0.2, 0) is 4.79 Å². The first kappa shape index (κ1) is 18.5. The zero-order valence-corrected chi connectivity index (χ0v) is 16.0. The van der Waals surface area contributed by atoms with Crippen LogP contribution in [0.15, 0.2) is 42.6 Å². The van der Waals surface area contributed by atoms with Crippen molar-refractivity contribution in [1.82, 2.24) is 14.8 Å². The molecular weight excluding hydrogens is 352 g/mol. The number of carbonyl (C=O) groups is 2. The first-order valence-corrected chi connectivity index (χ1v) is 10.0. The maximum Gasteiger partial charge on any atom is 0.253 e. The Morgan fingerprint density at radius 1 is 0.964 bits per heavy atom. The number of likely N-dealkylation sites (tertiary alicyclic amines) is 2. The van der Waals surface area contributed by atoms with Crippen LogP contribution < -0.4 is 5.73 Å². The van der Waals surface area contributed by atoms with E-state index >= 15 is 0 Å². The van der Waals surface area contributed by atoms with Gasteiger partial charge in [0, 0.05) is 55.1 Å². The number of nitrogen functional groups attached to an aromatic ring is 1. The maximum absolute atomic E-state index is 13.0. The maximum atomic E-state index is 13.0. The molecule has 6 nitrogen and oxygen atoms in total. The predicted octanol–water partition coefficient (Wildman–Crippen LogP) is 2.81. The number of rotatable bonds is 3. The fourth-order valence-electron chi connectivity index (χ4n) is 4.12. The Morgan fingerprint density at radius 2 is 1.71 bits per heavy atom. The highest BCUT2D eigenvalue weighted by molar-refractivity contribution is 5.95. The first-order chi connectivity index (χ1) is 13.6. The lowest BCUT2D eigenvalue weighted by molar-refractivity contribution is -0.135. The highest BCUT2D eigenvalue weighted by atomic mass is 16.2. The second-order valence-electron chi connectivity index (χ2n) is 7.65. The van der Waals surface area contributed by atoms with E-state index in [1.807, 2.05) is 34.1 Å². The van der Waals surface area contributed by atoms with E-state index in [2.05, 4.69) is 4.98 Å². The van der Waals surface area contributed by atoms with Crippen LogP contribution >= 0.6 is 0 Å². The van der Waals surface area contributed by atoms with E-state index < -0.39 is 0 Å². The van der Waals surface area contributed by atoms with Crippen LogP contribution in [0.4, 0.5) is 5.69 Å². The predicted molar refractivity (Wildman–Crippen MR) is 109 cm³/mol. The summed E-state index contributed by atoms with van der Waals surface area (Å²) in [5.74, 6) is 0.349. The molecule has 0 radical (unpaired) electrons. The van der Waals surface area contributed by atoms with Gasteiger partial charge in [-0.2, -0.15) is 0 Å². The molecule has 2 N–H and O–H groups in total. The first-order valence-electron chi connectivity index (χ1n) is 10.0. The van der Waals surface area contributed by atoms with Crippen LogP contribution in [0.25, 0.3) is 11.3 Å². The van der Waals surface area contributed by atoms with Crippen LogP contribution in [0.2, 0.25) is 0 Å². The number of amides is 2. The van der Waals surface area contributed by atoms with E-state index in [-0.39, 0.29) is 17.7 Å². The Morgan fingerprint density at radius 3 is 2.43 bits per heavy atom. The summed E-state index contributed by atoms with van der Waals surface area (Å²) >= 11 is 0. The van der Waals surface area contributed by atoms with E-state index in [1.165, 1.54) is 0 Å². The molecule has 28 heavy (non-hydrogen) atoms. The van der Waals surface area contributed by atoms with E-state index in [4.69, 9.17) is 5.73 Å². The average molecular weight is 378 g/mol. The van der Waals surface area contributed by atoms with Gasteiger partial charge in [-0.3, -0.25) is 14.6 Å². The molecule has 2 aliphatic heterocycles. The molecule has 2 aliphatic rings. The summed E-state index contributed by atoms with van der Waals surface area (Å²) in [5, 5.41) is 0. The molecule has 4 rings (SSSR count). The van der Waals surface area contributed by atoms with Gasteiger partial charge in [0.25, 0.3) is 5.91 Å². The van der Waals surface area contributed by atoms with Gasteiger partial charge in [0.15, 0.2) is 0 Å². The number of hydrogen-bond acceptors (Lipinski definition) is 4. The Balaban J connectivity index is 1.41. The van der Waals surface area contributed by atoms with Gasteiger partial charge < -0.3 is 15.5 Å². The Kier molecular flexibility index (Phi) is 5.28. The van der Waals surface area contributed by atoms with Crippen LogP contribution in [0, 0.1) is 5.92 Å². The smallest absolute Gasteiger partial charge is 0.253 e. The van der Waals surface area contributed by atoms with Crippen molar-refractivity contribution in [2.75, 3.05) is 31.9 Å². The molecule has 2 saturated heterocycles. The number of carbonyl (C=O) groups excluding carboxylic acids is 2. The Bertz CT molecular complexity index is 868. The number of benzene rings is 1. The van der Waals surface area contributed by atoms with E-state index in [0.29, 0.717) is 24.3 Å². The van der Waals surface area contributed by atoms with Crippen molar-refractivity contribution in [2.24, 2.45) is 5.92 Å². The summed E-state index contributed by atoms with van der Waals surface area (Å²) in [6.07, 6.45) is 5.39. The van der Waals surface area contributed by atoms with Gasteiger partial charge in [-0.05, 0) is 49.9 Å². The highest BCUT2D eigenvalue weighted by Gasteiger charge is 2.31. The molecule has 0 unspecified atom stereocenters. The molecule has 0 spiro atoms. The molecule has 2 amide bonds. The molecule has 0 bridgehead atoms. The molecular formula is C22H26N4O2. The third-order valence-corrected chi connectivity index (χ3v) is 5.74. The zero-order valence-electron chi connectivity index (χ0n) is 16.0. The molecule has 1 aromatic carbocycles. The monoisotopic (exact) mass is 378 g/mol. The minimum absolute atomic E-state index is 0.0119. The molecule has 6 heteroatoms. The molecule has 146 valence electrons. The van der Waals surface area contributed by atoms with Gasteiger partial charge in [0.05, 0.1) is 5.69 Å². The van der Waals surface area contributed by atoms with Gasteiger partial charge in [-0.1, -0.05) is 12.1 Å². The number of nitrogens with two attached hydrogens (primary N) is 1. The third kappa shape index (κ3) is 3.86. The summed E-state index contributed by atoms with van der Waals surface area (Å²) in [6.45, 7) is 3.04. The standard InChI is InChI=1S/C22H26N4O2/c23-19-6-9-24-20(15-19)17-4-3-5-18(14-17)22(28)26-12-7-16(8-13-26)21(27)25-10-1-2-11-25/h3-6,9,14-16H,1-2,7-8,10-13H2,(H2,23,24). The van der Waals surface area contributed by atoms with Crippen molar-refractivity contribution in [1.29, 1.82) is 0 Å². The molecule has 0 atom stereocenters. The molecule has 2 fully saturated rings. The molecule has 0 saturated carbocycles. The number of aromatic nitrogens is 1. The van der Waals surface area contributed by atoms with Crippen LogP contribution in [0.3, 0.4) is 0 Å². The van der Waals surface area contributed by atoms with Crippen molar-refractivity contribution in [3.05, 3.63) is 48.2 Å². The van der Waals surface area contributed by atoms with Crippen molar-refractivity contribution in [3.8, 4) is 11.3 Å². The fraction of sp³-hybridized carbons (Fsp3) is 0.409. The second kappa shape index (κ2) is 8.00. The van der Waals surface area contributed by atoms with Crippen molar-refractivity contribution < 1.29 is 9.59 Å². The summed E-state index contributed by atoms with van der Waals surface area (Å²) in [6, 6.07) is 11.0. The van der Waals surface area contributed by atoms with E-state index in [9.17, 15) is 9.59 Å². The molecule has 2 aromatic rings. The summed E-state index contributed by atoms with van der Waals surface area (Å²) in [4.78, 5) is 33.7. The van der Waals surface area contributed by atoms with Gasteiger partial charge in [-0.25, -0.2) is 0 Å². The van der Waals surface area contributed by atoms with Crippen molar-refractivity contribution >= 4 is 17.5 Å². The molecule has 0 aliphatic carbocycles. The summed E-state index contributed by atoms with van der Waals surface area (Å²) < 4.78 is 0. The minimum atomic E-state index is 0.0119. The van der Waals surface area contributed by atoms with Crippen LogP contribution in [-0.4, -0.2) is 52.8 Å². The van der Waals surface area contributed by atoms with Gasteiger partial charge in [-0.15, -0.1) is 0 Å². The number of hydrogen-bond donors (Lipinski definition) is 1. The average Bonchev–Trinajstić information content (AvgIpc) is 3.28. The number of pyridine rings is 1. The SMILES string of the molecule is Nc1ccnc(-c2cccc(C(=O)N3CCC(C(=O)N4CCCC4)CC3)c2)c1. The number of piperidine rings is 1. The normalized spacial score (nSPS) is 17.7. The zero-order chi connectivity index (χ0) is 19.5. The largest absolute Gasteiger partial charge is 0.399 e. The lowest BCUT2D eigenvalue weighted by Gasteiger charge is -2.33. The summed E-state index contributed by atoms with van der Waals surface area (Å²) in [7, 11) is 0. The van der Waals surface area contributed by atoms with E-state index in [0.717, 1.165) is 50.0 Å². The topological polar surface area (TPSA) is 79.5 Å². The Hall–Kier alpha value is -2.89. The van der Waals surface area contributed by atoms with Crippen molar-refractivity contribution in [2.45, 2.75) is 25.7 Å². The third-order valence-electron chi connectivity index (χ3n) is 5.74. The van der Waals surface area contributed by atoms with Gasteiger partial charge >= 0.3 is 0 Å². The quantitative estimate of drug-likeness (QED) is 0.891. The molecule has 1 aromatic heterocycles. The van der Waals surface area contributed by atoms with E-state index in [1.54, 1.807) is 18.3 Å². The highest BCUT2D eigenvalue weighted by Crippen LogP contribution is 2.25. The Labute approximate surface area is 165 Å². The minimum Gasteiger partial charge on any atom is -0.399 e. The van der Waals surface area contributed by atoms with Gasteiger partial charge in [0.1, 0.15) is 0 Å². The number of anilines is 1. The molecule has 3 heterocycles. The lowest BCUT2D eigenvalue weighted by Crippen LogP contribution is -2.43.